The van der Waals surface area contributed by atoms with Crippen LogP contribution in [0.2, 0.25) is 0 Å². The van der Waals surface area contributed by atoms with Gasteiger partial charge in [0.05, 0.1) is 23.9 Å². The smallest absolute Gasteiger partial charge is 0.303 e. The number of carbonyl (C=O) groups is 1. The summed E-state index contributed by atoms with van der Waals surface area (Å²) in [7, 11) is 0. The first-order valence-electron chi connectivity index (χ1n) is 14.8. The van der Waals surface area contributed by atoms with Crippen LogP contribution in [-0.2, 0) is 14.3 Å². The van der Waals surface area contributed by atoms with E-state index in [9.17, 15) is 15.0 Å². The largest absolute Gasteiger partial charge is 0.457 e. The van der Waals surface area contributed by atoms with Gasteiger partial charge >= 0.3 is 5.97 Å². The third-order valence-corrected chi connectivity index (χ3v) is 12.6. The van der Waals surface area contributed by atoms with Gasteiger partial charge in [-0.2, -0.15) is 0 Å². The van der Waals surface area contributed by atoms with Gasteiger partial charge in [0, 0.05) is 6.92 Å². The number of esters is 1. The van der Waals surface area contributed by atoms with Crippen LogP contribution in [0.3, 0.4) is 0 Å². The molecule has 0 spiro atoms. The van der Waals surface area contributed by atoms with Gasteiger partial charge in [-0.25, -0.2) is 0 Å². The molecule has 2 N–H and O–H groups in total. The summed E-state index contributed by atoms with van der Waals surface area (Å²) < 4.78 is 12.5. The van der Waals surface area contributed by atoms with Crippen LogP contribution in [0.4, 0.5) is 0 Å². The average molecular weight is 505 g/mol. The highest BCUT2D eigenvalue weighted by Gasteiger charge is 2.67. The van der Waals surface area contributed by atoms with Crippen LogP contribution in [0.1, 0.15) is 107 Å². The molecule has 1 heterocycles. The molecule has 0 amide bonds. The van der Waals surface area contributed by atoms with Gasteiger partial charge in [-0.3, -0.25) is 4.79 Å². The maximum Gasteiger partial charge on any atom is 0.303 e. The van der Waals surface area contributed by atoms with Crippen LogP contribution in [0.25, 0.3) is 0 Å². The molecule has 1 saturated heterocycles. The van der Waals surface area contributed by atoms with Crippen molar-refractivity contribution in [3.05, 3.63) is 0 Å². The minimum atomic E-state index is -1.15. The van der Waals surface area contributed by atoms with Gasteiger partial charge in [0.25, 0.3) is 0 Å². The molecule has 0 radical (unpaired) electrons. The Bertz CT molecular complexity index is 862. The second-order valence-corrected chi connectivity index (χ2v) is 15.3. The molecule has 5 heteroatoms. The van der Waals surface area contributed by atoms with E-state index in [0.717, 1.165) is 19.3 Å². The van der Waals surface area contributed by atoms with E-state index < -0.39 is 11.7 Å². The minimum Gasteiger partial charge on any atom is -0.457 e. The monoisotopic (exact) mass is 504 g/mol. The molecule has 0 aromatic heterocycles. The van der Waals surface area contributed by atoms with Crippen LogP contribution in [0.5, 0.6) is 0 Å². The van der Waals surface area contributed by atoms with Crippen molar-refractivity contribution in [2.75, 3.05) is 0 Å². The summed E-state index contributed by atoms with van der Waals surface area (Å²) in [6.07, 6.45) is 8.16. The molecule has 5 rings (SSSR count). The van der Waals surface area contributed by atoms with E-state index in [1.807, 2.05) is 0 Å². The summed E-state index contributed by atoms with van der Waals surface area (Å²) in [5.74, 6) is 3.31. The highest BCUT2D eigenvalue weighted by molar-refractivity contribution is 5.66. The molecule has 0 aromatic carbocycles. The Morgan fingerprint density at radius 3 is 2.17 bits per heavy atom. The van der Waals surface area contributed by atoms with Crippen LogP contribution in [0, 0.1) is 51.8 Å². The molecule has 5 unspecified atom stereocenters. The average Bonchev–Trinajstić information content (AvgIpc) is 3.06. The number of aliphatic hydroxyl groups is 2. The topological polar surface area (TPSA) is 76.0 Å². The van der Waals surface area contributed by atoms with E-state index in [1.165, 1.54) is 39.0 Å². The molecule has 5 fully saturated rings. The number of ether oxygens (including phenoxy) is 2. The van der Waals surface area contributed by atoms with Gasteiger partial charge in [0.2, 0.25) is 0 Å². The predicted molar refractivity (Wildman–Crippen MR) is 140 cm³/mol. The second-order valence-electron chi connectivity index (χ2n) is 15.3. The molecule has 0 aromatic rings. The van der Waals surface area contributed by atoms with Crippen molar-refractivity contribution in [2.45, 2.75) is 137 Å². The summed E-state index contributed by atoms with van der Waals surface area (Å²) in [6, 6.07) is 0. The van der Waals surface area contributed by atoms with E-state index in [4.69, 9.17) is 9.47 Å². The van der Waals surface area contributed by atoms with Gasteiger partial charge in [0.15, 0.2) is 6.10 Å². The SMILES string of the molecule is CC(=O)O[C@@H]([C@H]1C[C@@H](C)C2C(CC3[C@@H]4CCC5C(CC[C@H](O)C5(C)C)[C@]4(C)CC[C@]23C)O1)C(C)(C)O. The van der Waals surface area contributed by atoms with Gasteiger partial charge in [0.1, 0.15) is 0 Å². The number of aliphatic hydroxyl groups excluding tert-OH is 1. The molecule has 0 bridgehead atoms. The number of carbonyl (C=O) groups excluding carboxylic acids is 1. The van der Waals surface area contributed by atoms with Crippen molar-refractivity contribution in [2.24, 2.45) is 51.8 Å². The van der Waals surface area contributed by atoms with Gasteiger partial charge in [-0.1, -0.05) is 34.6 Å². The summed E-state index contributed by atoms with van der Waals surface area (Å²) >= 11 is 0. The Morgan fingerprint density at radius 1 is 0.944 bits per heavy atom. The fourth-order valence-corrected chi connectivity index (χ4v) is 10.9. The Kier molecular flexibility index (Phi) is 6.49. The van der Waals surface area contributed by atoms with E-state index >= 15 is 0 Å². The van der Waals surface area contributed by atoms with Crippen LogP contribution in [-0.4, -0.2) is 46.2 Å². The number of hydrogen-bond acceptors (Lipinski definition) is 5. The first kappa shape index (κ1) is 26.9. The van der Waals surface area contributed by atoms with Gasteiger partial charge < -0.3 is 19.7 Å². The molecule has 4 saturated carbocycles. The summed E-state index contributed by atoms with van der Waals surface area (Å²) in [4.78, 5) is 11.9. The van der Waals surface area contributed by atoms with Crippen LogP contribution < -0.4 is 0 Å². The predicted octanol–water partition coefficient (Wildman–Crippen LogP) is 5.75. The standard InChI is InChI=1S/C31H52O5/c1-17-15-24(27(29(5,6)34)35-18(2)32)36-23-16-22-21-10-9-19-20(11-12-25(33)28(19,3)4)30(21,7)13-14-31(22,8)26(17)23/h17,19-27,33-34H,9-16H2,1-8H3/t17-,19?,20?,21+,22?,23?,24-,25+,26?,27+,30+,31+/m1/s1. The lowest BCUT2D eigenvalue weighted by Crippen LogP contribution is -2.59. The van der Waals surface area contributed by atoms with Crippen molar-refractivity contribution in [3.63, 3.8) is 0 Å². The summed E-state index contributed by atoms with van der Waals surface area (Å²) in [6.45, 7) is 17.0. The van der Waals surface area contributed by atoms with Crippen LogP contribution >= 0.6 is 0 Å². The van der Waals surface area contributed by atoms with Crippen molar-refractivity contribution in [3.8, 4) is 0 Å². The van der Waals surface area contributed by atoms with Crippen molar-refractivity contribution < 1.29 is 24.5 Å². The summed E-state index contributed by atoms with van der Waals surface area (Å²) in [5.41, 5.74) is -0.516. The quantitative estimate of drug-likeness (QED) is 0.479. The zero-order valence-corrected chi connectivity index (χ0v) is 24.0. The highest BCUT2D eigenvalue weighted by Crippen LogP contribution is 2.72. The first-order valence-corrected chi connectivity index (χ1v) is 14.8. The molecule has 12 atom stereocenters. The Labute approximate surface area is 219 Å². The third-order valence-electron chi connectivity index (χ3n) is 12.6. The van der Waals surface area contributed by atoms with E-state index in [2.05, 4.69) is 34.6 Å². The molecule has 36 heavy (non-hydrogen) atoms. The lowest BCUT2D eigenvalue weighted by molar-refractivity contribution is -0.209. The molecule has 5 aliphatic rings. The lowest BCUT2D eigenvalue weighted by Gasteiger charge is -2.64. The van der Waals surface area contributed by atoms with E-state index in [0.29, 0.717) is 40.9 Å². The van der Waals surface area contributed by atoms with Gasteiger partial charge in [-0.05, 0) is 117 Å². The van der Waals surface area contributed by atoms with Crippen LogP contribution in [0.15, 0.2) is 0 Å². The molecule has 5 nitrogen and oxygen atoms in total. The number of hydrogen-bond donors (Lipinski definition) is 2. The fourth-order valence-electron chi connectivity index (χ4n) is 10.9. The third kappa shape index (κ3) is 3.92. The molecule has 1 aliphatic heterocycles. The lowest BCUT2D eigenvalue weighted by atomic mass is 9.40. The fraction of sp³-hybridized carbons (Fsp3) is 0.968. The molecular formula is C31H52O5. The van der Waals surface area contributed by atoms with Crippen molar-refractivity contribution >= 4 is 5.97 Å². The van der Waals surface area contributed by atoms with Crippen molar-refractivity contribution in [1.82, 2.24) is 0 Å². The van der Waals surface area contributed by atoms with Gasteiger partial charge in [-0.15, -0.1) is 0 Å². The number of fused-ring (bicyclic) bond motifs is 7. The zero-order valence-electron chi connectivity index (χ0n) is 24.0. The first-order chi connectivity index (χ1) is 16.6. The number of rotatable bonds is 3. The zero-order chi connectivity index (χ0) is 26.4. The second kappa shape index (κ2) is 8.68. The maximum atomic E-state index is 11.9. The highest BCUT2D eigenvalue weighted by atomic mass is 16.6. The minimum absolute atomic E-state index is 0.00891. The maximum absolute atomic E-state index is 11.9. The normalized spacial score (nSPS) is 50.8. The molecule has 206 valence electrons. The summed E-state index contributed by atoms with van der Waals surface area (Å²) in [5, 5.41) is 21.7. The molecular weight excluding hydrogens is 452 g/mol. The molecule has 4 aliphatic carbocycles. The Hall–Kier alpha value is -0.650. The van der Waals surface area contributed by atoms with E-state index in [1.54, 1.807) is 13.8 Å². The Balaban J connectivity index is 1.41. The Morgan fingerprint density at radius 2 is 1.53 bits per heavy atom. The van der Waals surface area contributed by atoms with Crippen molar-refractivity contribution in [1.29, 1.82) is 0 Å². The van der Waals surface area contributed by atoms with E-state index in [-0.39, 0.29) is 35.1 Å².